The number of hydrogen-bond donors (Lipinski definition) is 3. The summed E-state index contributed by atoms with van der Waals surface area (Å²) in [6, 6.07) is 17.6. The molecule has 3 aromatic rings. The summed E-state index contributed by atoms with van der Waals surface area (Å²) in [5, 5.41) is 14.6. The number of nitrogens with zero attached hydrogens (tertiary/aromatic N) is 4. The molecular weight excluding hydrogens is 422 g/mol. The van der Waals surface area contributed by atoms with Crippen molar-refractivity contribution in [3.8, 4) is 0 Å². The van der Waals surface area contributed by atoms with Gasteiger partial charge in [-0.3, -0.25) is 9.59 Å². The molecule has 0 aliphatic heterocycles. The summed E-state index contributed by atoms with van der Waals surface area (Å²) in [7, 11) is 0. The largest absolute Gasteiger partial charge is 0.370 e. The second-order valence-electron chi connectivity index (χ2n) is 7.66. The summed E-state index contributed by atoms with van der Waals surface area (Å²) < 4.78 is 0. The maximum atomic E-state index is 13.1. The van der Waals surface area contributed by atoms with Gasteiger partial charge in [0.05, 0.1) is 12.0 Å². The van der Waals surface area contributed by atoms with Gasteiger partial charge in [-0.15, -0.1) is 10.2 Å². The van der Waals surface area contributed by atoms with Gasteiger partial charge >= 0.3 is 6.03 Å². The van der Waals surface area contributed by atoms with Crippen LogP contribution in [0, 0.1) is 0 Å². The van der Waals surface area contributed by atoms with Crippen LogP contribution < -0.4 is 16.8 Å². The topological polar surface area (TPSA) is 159 Å². The van der Waals surface area contributed by atoms with Crippen molar-refractivity contribution in [1.29, 1.82) is 0 Å². The highest BCUT2D eigenvalue weighted by molar-refractivity contribution is 5.90. The van der Waals surface area contributed by atoms with Crippen LogP contribution in [0.15, 0.2) is 60.7 Å². The first-order valence-corrected chi connectivity index (χ1v) is 10.7. The zero-order chi connectivity index (χ0) is 23.6. The van der Waals surface area contributed by atoms with Crippen molar-refractivity contribution in [2.75, 3.05) is 6.54 Å². The van der Waals surface area contributed by atoms with Crippen molar-refractivity contribution in [3.05, 3.63) is 77.6 Å². The lowest BCUT2D eigenvalue weighted by Crippen LogP contribution is -2.37. The lowest BCUT2D eigenvalue weighted by molar-refractivity contribution is -0.122. The third kappa shape index (κ3) is 7.04. The number of carbonyl (C=O) groups is 3. The molecule has 0 fully saturated rings. The number of rotatable bonds is 11. The van der Waals surface area contributed by atoms with E-state index in [-0.39, 0.29) is 30.9 Å². The molecule has 2 aromatic carbocycles. The Bertz CT molecular complexity index is 1070. The molecule has 0 radical (unpaired) electrons. The minimum Gasteiger partial charge on any atom is -0.370 e. The molecule has 1 unspecified atom stereocenters. The standard InChI is InChI=1S/C23H27N7O3/c24-19(11-12-20(25)31)21(32)18(15-17-9-5-2-6-10-17)22-27-29-30(28-22)23(33)26-14-13-16-7-3-1-4-8-16/h1-10,18-19H,11-15,24H2,(H2,25,31)(H,26,33)/t18?,19-/m0/s1. The Morgan fingerprint density at radius 3 is 2.24 bits per heavy atom. The highest BCUT2D eigenvalue weighted by atomic mass is 16.2. The highest BCUT2D eigenvalue weighted by Gasteiger charge is 2.30. The van der Waals surface area contributed by atoms with E-state index in [0.29, 0.717) is 13.0 Å². The van der Waals surface area contributed by atoms with Gasteiger partial charge in [-0.1, -0.05) is 65.5 Å². The second-order valence-corrected chi connectivity index (χ2v) is 7.66. The number of primary amides is 1. The highest BCUT2D eigenvalue weighted by Crippen LogP contribution is 2.21. The molecule has 0 bridgehead atoms. The van der Waals surface area contributed by atoms with Crippen LogP contribution in [-0.2, 0) is 22.4 Å². The fraction of sp³-hybridized carbons (Fsp3) is 0.304. The Balaban J connectivity index is 1.70. The molecule has 10 heteroatoms. The van der Waals surface area contributed by atoms with E-state index >= 15 is 0 Å². The smallest absolute Gasteiger partial charge is 0.360 e. The number of benzene rings is 2. The second kappa shape index (κ2) is 11.6. The van der Waals surface area contributed by atoms with Gasteiger partial charge in [0.1, 0.15) is 0 Å². The molecule has 2 atom stereocenters. The quantitative estimate of drug-likeness (QED) is 0.393. The monoisotopic (exact) mass is 449 g/mol. The van der Waals surface area contributed by atoms with Gasteiger partial charge in [-0.25, -0.2) is 4.79 Å². The Labute approximate surface area is 191 Å². The number of ketones is 1. The van der Waals surface area contributed by atoms with Gasteiger partial charge in [0.25, 0.3) is 0 Å². The lowest BCUT2D eigenvalue weighted by Gasteiger charge is -2.17. The first-order chi connectivity index (χ1) is 15.9. The number of hydrogen-bond acceptors (Lipinski definition) is 7. The molecule has 0 saturated carbocycles. The van der Waals surface area contributed by atoms with E-state index in [2.05, 4.69) is 20.7 Å². The maximum absolute atomic E-state index is 13.1. The fourth-order valence-corrected chi connectivity index (χ4v) is 3.35. The van der Waals surface area contributed by atoms with E-state index in [1.165, 1.54) is 0 Å². The summed E-state index contributed by atoms with van der Waals surface area (Å²) in [6.07, 6.45) is 1.05. The van der Waals surface area contributed by atoms with Gasteiger partial charge in [0.15, 0.2) is 11.6 Å². The predicted octanol–water partition coefficient (Wildman–Crippen LogP) is 0.962. The molecule has 1 aromatic heterocycles. The molecular formula is C23H27N7O3. The van der Waals surface area contributed by atoms with E-state index in [1.54, 1.807) is 0 Å². The summed E-state index contributed by atoms with van der Waals surface area (Å²) in [5.74, 6) is -1.60. The fourth-order valence-electron chi connectivity index (χ4n) is 3.35. The number of Topliss-reactive ketones (excluding diaryl/α,β-unsaturated/α-hetero) is 1. The van der Waals surface area contributed by atoms with Crippen LogP contribution in [0.4, 0.5) is 4.79 Å². The van der Waals surface area contributed by atoms with Crippen LogP contribution in [0.5, 0.6) is 0 Å². The molecule has 0 aliphatic carbocycles. The Kier molecular flexibility index (Phi) is 8.36. The van der Waals surface area contributed by atoms with Gasteiger partial charge < -0.3 is 16.8 Å². The summed E-state index contributed by atoms with van der Waals surface area (Å²) >= 11 is 0. The van der Waals surface area contributed by atoms with Crippen LogP contribution in [0.2, 0.25) is 0 Å². The van der Waals surface area contributed by atoms with Crippen molar-refractivity contribution in [2.24, 2.45) is 11.5 Å². The van der Waals surface area contributed by atoms with Crippen LogP contribution in [0.3, 0.4) is 0 Å². The summed E-state index contributed by atoms with van der Waals surface area (Å²) in [5.41, 5.74) is 13.2. The number of nitrogens with one attached hydrogen (secondary N) is 1. The number of amides is 2. The van der Waals surface area contributed by atoms with Crippen molar-refractivity contribution in [3.63, 3.8) is 0 Å². The van der Waals surface area contributed by atoms with Crippen molar-refractivity contribution < 1.29 is 14.4 Å². The summed E-state index contributed by atoms with van der Waals surface area (Å²) in [4.78, 5) is 37.4. The van der Waals surface area contributed by atoms with Crippen LogP contribution >= 0.6 is 0 Å². The van der Waals surface area contributed by atoms with Gasteiger partial charge in [-0.05, 0) is 35.6 Å². The molecule has 33 heavy (non-hydrogen) atoms. The van der Waals surface area contributed by atoms with E-state index in [1.807, 2.05) is 60.7 Å². The average Bonchev–Trinajstić information content (AvgIpc) is 3.32. The van der Waals surface area contributed by atoms with Crippen LogP contribution in [-0.4, -0.2) is 50.5 Å². The third-order valence-electron chi connectivity index (χ3n) is 5.15. The summed E-state index contributed by atoms with van der Waals surface area (Å²) in [6.45, 7) is 0.393. The first-order valence-electron chi connectivity index (χ1n) is 10.7. The molecule has 3 rings (SSSR count). The molecule has 172 valence electrons. The Hall–Kier alpha value is -3.92. The van der Waals surface area contributed by atoms with Crippen molar-refractivity contribution in [1.82, 2.24) is 25.5 Å². The molecule has 5 N–H and O–H groups in total. The minimum atomic E-state index is -0.919. The predicted molar refractivity (Wildman–Crippen MR) is 121 cm³/mol. The van der Waals surface area contributed by atoms with E-state index in [9.17, 15) is 14.4 Å². The zero-order valence-electron chi connectivity index (χ0n) is 18.1. The molecule has 2 amide bonds. The van der Waals surface area contributed by atoms with Crippen molar-refractivity contribution in [2.45, 2.75) is 37.6 Å². The van der Waals surface area contributed by atoms with Crippen LogP contribution in [0.1, 0.15) is 35.7 Å². The molecule has 0 saturated heterocycles. The third-order valence-corrected chi connectivity index (χ3v) is 5.15. The minimum absolute atomic E-state index is 0.00506. The zero-order valence-corrected chi connectivity index (χ0v) is 18.1. The van der Waals surface area contributed by atoms with Crippen LogP contribution in [0.25, 0.3) is 0 Å². The van der Waals surface area contributed by atoms with Gasteiger partial charge in [0.2, 0.25) is 5.91 Å². The average molecular weight is 450 g/mol. The van der Waals surface area contributed by atoms with E-state index < -0.39 is 23.9 Å². The molecule has 0 aliphatic rings. The number of carbonyl (C=O) groups excluding carboxylic acids is 3. The maximum Gasteiger partial charge on any atom is 0.360 e. The van der Waals surface area contributed by atoms with E-state index in [4.69, 9.17) is 11.5 Å². The number of tetrazole rings is 1. The Morgan fingerprint density at radius 1 is 0.970 bits per heavy atom. The molecule has 10 nitrogen and oxygen atoms in total. The molecule has 0 spiro atoms. The van der Waals surface area contributed by atoms with E-state index in [0.717, 1.165) is 15.9 Å². The SMILES string of the molecule is NC(=O)CC[C@H](N)C(=O)C(Cc1ccccc1)c1nnn(C(=O)NCCc2ccccc2)n1. The van der Waals surface area contributed by atoms with Gasteiger partial charge in [-0.2, -0.15) is 0 Å². The first kappa shape index (κ1) is 23.7. The lowest BCUT2D eigenvalue weighted by atomic mass is 9.89. The normalized spacial score (nSPS) is 12.6. The van der Waals surface area contributed by atoms with Gasteiger partial charge in [0, 0.05) is 13.0 Å². The number of aromatic nitrogens is 4. The van der Waals surface area contributed by atoms with Crippen molar-refractivity contribution >= 4 is 17.7 Å². The number of nitrogens with two attached hydrogens (primary N) is 2. The Morgan fingerprint density at radius 2 is 1.61 bits per heavy atom. The molecule has 1 heterocycles.